The maximum atomic E-state index is 13.3. The molecule has 23 heavy (non-hydrogen) atoms. The van der Waals surface area contributed by atoms with Gasteiger partial charge in [0.1, 0.15) is 22.8 Å². The van der Waals surface area contributed by atoms with Crippen molar-refractivity contribution >= 4 is 17.7 Å². The van der Waals surface area contributed by atoms with Gasteiger partial charge in [0.15, 0.2) is 0 Å². The Labute approximate surface area is 137 Å². The third kappa shape index (κ3) is 3.47. The molecule has 0 aliphatic carbocycles. The van der Waals surface area contributed by atoms with E-state index in [1.54, 1.807) is 12.0 Å². The van der Waals surface area contributed by atoms with E-state index >= 15 is 0 Å². The Morgan fingerprint density at radius 3 is 2.43 bits per heavy atom. The van der Waals surface area contributed by atoms with Crippen molar-refractivity contribution in [3.8, 4) is 5.75 Å². The second-order valence-electron chi connectivity index (χ2n) is 5.24. The van der Waals surface area contributed by atoms with E-state index in [-0.39, 0.29) is 17.8 Å². The van der Waals surface area contributed by atoms with E-state index in [0.717, 1.165) is 17.4 Å². The molecule has 0 bridgehead atoms. The summed E-state index contributed by atoms with van der Waals surface area (Å²) < 4.78 is 31.8. The number of hydrogen-bond acceptors (Lipinski definition) is 3. The SMILES string of the molecule is COc1ccc(C2SCC(=O)N2Cc2cc(F)cc(F)c2)cc1. The van der Waals surface area contributed by atoms with Crippen LogP contribution in [0.5, 0.6) is 5.75 Å². The highest BCUT2D eigenvalue weighted by molar-refractivity contribution is 8.00. The van der Waals surface area contributed by atoms with Crippen LogP contribution in [0.1, 0.15) is 16.5 Å². The summed E-state index contributed by atoms with van der Waals surface area (Å²) in [6.45, 7) is 0.178. The zero-order valence-corrected chi connectivity index (χ0v) is 13.3. The highest BCUT2D eigenvalue weighted by Crippen LogP contribution is 2.40. The largest absolute Gasteiger partial charge is 0.497 e. The summed E-state index contributed by atoms with van der Waals surface area (Å²) in [5.74, 6) is -0.225. The summed E-state index contributed by atoms with van der Waals surface area (Å²) in [4.78, 5) is 13.8. The van der Waals surface area contributed by atoms with Crippen molar-refractivity contribution in [2.45, 2.75) is 11.9 Å². The molecule has 0 saturated carbocycles. The van der Waals surface area contributed by atoms with Crippen LogP contribution in [0, 0.1) is 11.6 Å². The van der Waals surface area contributed by atoms with Crippen molar-refractivity contribution < 1.29 is 18.3 Å². The third-order valence-electron chi connectivity index (χ3n) is 3.64. The van der Waals surface area contributed by atoms with Gasteiger partial charge in [0.05, 0.1) is 12.9 Å². The van der Waals surface area contributed by atoms with E-state index in [2.05, 4.69) is 0 Å². The monoisotopic (exact) mass is 335 g/mol. The summed E-state index contributed by atoms with van der Waals surface area (Å²) in [7, 11) is 1.59. The maximum Gasteiger partial charge on any atom is 0.234 e. The van der Waals surface area contributed by atoms with Gasteiger partial charge in [0, 0.05) is 12.6 Å². The standard InChI is InChI=1S/C17H15F2NO2S/c1-22-15-4-2-12(3-5-15)17-20(16(21)10-23-17)9-11-6-13(18)8-14(19)7-11/h2-8,17H,9-10H2,1H3. The maximum absolute atomic E-state index is 13.3. The van der Waals surface area contributed by atoms with Gasteiger partial charge in [0.2, 0.25) is 5.91 Å². The van der Waals surface area contributed by atoms with Crippen LogP contribution in [-0.4, -0.2) is 23.7 Å². The Hall–Kier alpha value is -2.08. The second kappa shape index (κ2) is 6.58. The molecule has 3 rings (SSSR count). The Morgan fingerprint density at radius 2 is 1.83 bits per heavy atom. The molecule has 1 aliphatic rings. The summed E-state index contributed by atoms with van der Waals surface area (Å²) in [5, 5.41) is -0.167. The van der Waals surface area contributed by atoms with Crippen LogP contribution in [0.25, 0.3) is 0 Å². The molecule has 0 spiro atoms. The van der Waals surface area contributed by atoms with E-state index in [9.17, 15) is 13.6 Å². The van der Waals surface area contributed by atoms with Crippen LogP contribution in [-0.2, 0) is 11.3 Å². The number of thioether (sulfide) groups is 1. The number of methoxy groups -OCH3 is 1. The molecule has 2 aromatic rings. The van der Waals surface area contributed by atoms with Crippen molar-refractivity contribution in [1.29, 1.82) is 0 Å². The molecule has 6 heteroatoms. The quantitative estimate of drug-likeness (QED) is 0.852. The summed E-state index contributed by atoms with van der Waals surface area (Å²) in [5.41, 5.74) is 1.40. The lowest BCUT2D eigenvalue weighted by atomic mass is 10.1. The fraction of sp³-hybridized carbons (Fsp3) is 0.235. The number of carbonyl (C=O) groups excluding carboxylic acids is 1. The number of hydrogen-bond donors (Lipinski definition) is 0. The van der Waals surface area contributed by atoms with Crippen LogP contribution < -0.4 is 4.74 Å². The zero-order valence-electron chi connectivity index (χ0n) is 12.5. The van der Waals surface area contributed by atoms with Crippen LogP contribution in [0.4, 0.5) is 8.78 Å². The molecular weight excluding hydrogens is 320 g/mol. The lowest BCUT2D eigenvalue weighted by Crippen LogP contribution is -2.27. The minimum absolute atomic E-state index is 0.0412. The fourth-order valence-electron chi connectivity index (χ4n) is 2.57. The van der Waals surface area contributed by atoms with Gasteiger partial charge >= 0.3 is 0 Å². The van der Waals surface area contributed by atoms with Crippen LogP contribution in [0.3, 0.4) is 0 Å². The van der Waals surface area contributed by atoms with E-state index < -0.39 is 11.6 Å². The molecule has 2 aromatic carbocycles. The average Bonchev–Trinajstić information content (AvgIpc) is 2.87. The molecule has 1 saturated heterocycles. The van der Waals surface area contributed by atoms with Crippen molar-refractivity contribution in [2.24, 2.45) is 0 Å². The van der Waals surface area contributed by atoms with Crippen molar-refractivity contribution in [1.82, 2.24) is 4.90 Å². The number of benzene rings is 2. The highest BCUT2D eigenvalue weighted by Gasteiger charge is 2.32. The van der Waals surface area contributed by atoms with E-state index in [1.165, 1.54) is 23.9 Å². The molecule has 1 aliphatic heterocycles. The minimum atomic E-state index is -0.639. The predicted molar refractivity (Wildman–Crippen MR) is 85.1 cm³/mol. The lowest BCUT2D eigenvalue weighted by Gasteiger charge is -2.24. The number of ether oxygens (including phenoxy) is 1. The Balaban J connectivity index is 1.84. The van der Waals surface area contributed by atoms with Gasteiger partial charge in [-0.1, -0.05) is 12.1 Å². The Bertz CT molecular complexity index is 701. The normalized spacial score (nSPS) is 17.6. The topological polar surface area (TPSA) is 29.5 Å². The van der Waals surface area contributed by atoms with Gasteiger partial charge < -0.3 is 9.64 Å². The third-order valence-corrected chi connectivity index (χ3v) is 4.90. The van der Waals surface area contributed by atoms with Crippen molar-refractivity contribution in [3.63, 3.8) is 0 Å². The molecule has 0 radical (unpaired) electrons. The van der Waals surface area contributed by atoms with E-state index in [1.807, 2.05) is 24.3 Å². The lowest BCUT2D eigenvalue weighted by molar-refractivity contribution is -0.128. The molecule has 1 amide bonds. The predicted octanol–water partition coefficient (Wildman–Crippen LogP) is 3.75. The van der Waals surface area contributed by atoms with E-state index in [4.69, 9.17) is 4.74 Å². The summed E-state index contributed by atoms with van der Waals surface area (Å²) >= 11 is 1.50. The molecule has 1 atom stereocenters. The first-order chi connectivity index (χ1) is 11.1. The molecule has 0 aromatic heterocycles. The minimum Gasteiger partial charge on any atom is -0.497 e. The Morgan fingerprint density at radius 1 is 1.17 bits per heavy atom. The first-order valence-electron chi connectivity index (χ1n) is 7.07. The smallest absolute Gasteiger partial charge is 0.234 e. The molecular formula is C17H15F2NO2S. The number of rotatable bonds is 4. The molecule has 3 nitrogen and oxygen atoms in total. The van der Waals surface area contributed by atoms with Crippen LogP contribution in [0.15, 0.2) is 42.5 Å². The van der Waals surface area contributed by atoms with Gasteiger partial charge in [-0.05, 0) is 35.4 Å². The number of nitrogens with zero attached hydrogens (tertiary/aromatic N) is 1. The van der Waals surface area contributed by atoms with Gasteiger partial charge in [-0.15, -0.1) is 11.8 Å². The molecule has 1 unspecified atom stereocenters. The number of halogens is 2. The first-order valence-corrected chi connectivity index (χ1v) is 8.11. The van der Waals surface area contributed by atoms with Crippen molar-refractivity contribution in [3.05, 3.63) is 65.2 Å². The van der Waals surface area contributed by atoms with Crippen molar-refractivity contribution in [2.75, 3.05) is 12.9 Å². The molecule has 1 heterocycles. The van der Waals surface area contributed by atoms with Crippen LogP contribution >= 0.6 is 11.8 Å². The molecule has 1 fully saturated rings. The summed E-state index contributed by atoms with van der Waals surface area (Å²) in [6, 6.07) is 10.8. The Kier molecular flexibility index (Phi) is 4.52. The fourth-order valence-corrected chi connectivity index (χ4v) is 3.76. The number of amides is 1. The summed E-state index contributed by atoms with van der Waals surface area (Å²) in [6.07, 6.45) is 0. The first kappa shape index (κ1) is 15.8. The van der Waals surface area contributed by atoms with Gasteiger partial charge in [0.25, 0.3) is 0 Å². The molecule has 0 N–H and O–H groups in total. The average molecular weight is 335 g/mol. The molecule has 120 valence electrons. The number of carbonyl (C=O) groups is 1. The zero-order chi connectivity index (χ0) is 16.4. The highest BCUT2D eigenvalue weighted by atomic mass is 32.2. The van der Waals surface area contributed by atoms with Gasteiger partial charge in [-0.2, -0.15) is 0 Å². The second-order valence-corrected chi connectivity index (χ2v) is 6.30. The van der Waals surface area contributed by atoms with Crippen LogP contribution in [0.2, 0.25) is 0 Å². The van der Waals surface area contributed by atoms with Gasteiger partial charge in [-0.3, -0.25) is 4.79 Å². The van der Waals surface area contributed by atoms with Gasteiger partial charge in [-0.25, -0.2) is 8.78 Å². The van der Waals surface area contributed by atoms with E-state index in [0.29, 0.717) is 11.3 Å².